The molecule has 0 aromatic heterocycles. The molecule has 140 valence electrons. The number of hydrogen-bond acceptors (Lipinski definition) is 6. The average Bonchev–Trinajstić information content (AvgIpc) is 2.89. The predicted molar refractivity (Wildman–Crippen MR) is 101 cm³/mol. The van der Waals surface area contributed by atoms with Crippen molar-refractivity contribution in [3.63, 3.8) is 0 Å². The molecule has 2 rings (SSSR count). The van der Waals surface area contributed by atoms with Crippen LogP contribution < -0.4 is 4.74 Å². The monoisotopic (exact) mass is 377 g/mol. The van der Waals surface area contributed by atoms with Crippen LogP contribution in [0.5, 0.6) is 5.75 Å². The number of rotatable bonds is 9. The van der Waals surface area contributed by atoms with Crippen LogP contribution >= 0.6 is 11.8 Å². The van der Waals surface area contributed by atoms with Gasteiger partial charge in [0.2, 0.25) is 0 Å². The zero-order chi connectivity index (χ0) is 18.9. The molecule has 1 saturated heterocycles. The van der Waals surface area contributed by atoms with Crippen molar-refractivity contribution in [3.8, 4) is 5.75 Å². The summed E-state index contributed by atoms with van der Waals surface area (Å²) in [6.07, 6.45) is 4.55. The fourth-order valence-electron chi connectivity index (χ4n) is 2.37. The maximum absolute atomic E-state index is 12.4. The Bertz CT molecular complexity index is 684. The molecule has 6 nitrogen and oxygen atoms in total. The molecule has 1 aromatic rings. The molecule has 7 heteroatoms. The number of ether oxygens (including phenoxy) is 2. The molecule has 0 N–H and O–H groups in total. The molecule has 1 fully saturated rings. The van der Waals surface area contributed by atoms with Gasteiger partial charge in [-0.2, -0.15) is 0 Å². The maximum Gasteiger partial charge on any atom is 0.344 e. The van der Waals surface area contributed by atoms with E-state index in [0.717, 1.165) is 36.6 Å². The van der Waals surface area contributed by atoms with Gasteiger partial charge in [-0.3, -0.25) is 14.5 Å². The Balaban J connectivity index is 1.95. The lowest BCUT2D eigenvalue weighted by atomic mass is 10.2. The van der Waals surface area contributed by atoms with Crippen LogP contribution in [0.15, 0.2) is 29.2 Å². The first-order valence-electron chi connectivity index (χ1n) is 8.69. The zero-order valence-corrected chi connectivity index (χ0v) is 15.8. The molecule has 0 saturated carbocycles. The van der Waals surface area contributed by atoms with Crippen molar-refractivity contribution < 1.29 is 23.9 Å². The molecule has 0 atom stereocenters. The topological polar surface area (TPSA) is 72.9 Å². The van der Waals surface area contributed by atoms with Crippen molar-refractivity contribution in [1.82, 2.24) is 4.90 Å². The van der Waals surface area contributed by atoms with Crippen LogP contribution in [-0.4, -0.2) is 41.8 Å². The van der Waals surface area contributed by atoms with Gasteiger partial charge in [0.1, 0.15) is 5.75 Å². The largest absolute Gasteiger partial charge is 0.482 e. The van der Waals surface area contributed by atoms with Gasteiger partial charge in [-0.1, -0.05) is 31.9 Å². The summed E-state index contributed by atoms with van der Waals surface area (Å²) in [5.74, 6) is -0.130. The number of benzene rings is 1. The highest BCUT2D eigenvalue weighted by Crippen LogP contribution is 2.32. The minimum absolute atomic E-state index is 0.149. The Hall–Kier alpha value is -2.28. The Morgan fingerprint density at radius 2 is 1.88 bits per heavy atom. The van der Waals surface area contributed by atoms with Gasteiger partial charge in [0, 0.05) is 6.54 Å². The number of unbranched alkanes of at least 4 members (excludes halogenated alkanes) is 2. The molecule has 1 heterocycles. The fourth-order valence-corrected chi connectivity index (χ4v) is 3.23. The Morgan fingerprint density at radius 3 is 2.54 bits per heavy atom. The smallest absolute Gasteiger partial charge is 0.344 e. The molecule has 0 bridgehead atoms. The number of imide groups is 1. The first-order valence-corrected chi connectivity index (χ1v) is 9.50. The Morgan fingerprint density at radius 1 is 1.15 bits per heavy atom. The second-order valence-electron chi connectivity index (χ2n) is 5.70. The van der Waals surface area contributed by atoms with Crippen molar-refractivity contribution in [2.75, 3.05) is 19.8 Å². The molecular weight excluding hydrogens is 354 g/mol. The molecule has 1 aliphatic heterocycles. The van der Waals surface area contributed by atoms with E-state index < -0.39 is 5.97 Å². The van der Waals surface area contributed by atoms with E-state index in [-0.39, 0.29) is 17.8 Å². The Kier molecular flexibility index (Phi) is 7.72. The number of amides is 2. The lowest BCUT2D eigenvalue weighted by molar-refractivity contribution is -0.145. The summed E-state index contributed by atoms with van der Waals surface area (Å²) < 4.78 is 10.1. The molecule has 26 heavy (non-hydrogen) atoms. The van der Waals surface area contributed by atoms with Crippen LogP contribution in [0, 0.1) is 0 Å². The molecule has 0 unspecified atom stereocenters. The van der Waals surface area contributed by atoms with Crippen LogP contribution in [0.1, 0.15) is 38.7 Å². The van der Waals surface area contributed by atoms with Gasteiger partial charge in [-0.05, 0) is 48.9 Å². The van der Waals surface area contributed by atoms with Gasteiger partial charge in [0.05, 0.1) is 11.5 Å². The fraction of sp³-hybridized carbons (Fsp3) is 0.421. The van der Waals surface area contributed by atoms with E-state index in [1.165, 1.54) is 4.90 Å². The van der Waals surface area contributed by atoms with Crippen LogP contribution in [0.4, 0.5) is 4.79 Å². The second-order valence-corrected chi connectivity index (χ2v) is 6.70. The molecule has 2 amide bonds. The third-order valence-electron chi connectivity index (χ3n) is 3.70. The summed E-state index contributed by atoms with van der Waals surface area (Å²) in [6.45, 7) is 4.45. The van der Waals surface area contributed by atoms with E-state index >= 15 is 0 Å². The van der Waals surface area contributed by atoms with Gasteiger partial charge in [0.25, 0.3) is 11.1 Å². The quantitative estimate of drug-likeness (QED) is 0.370. The van der Waals surface area contributed by atoms with Crippen molar-refractivity contribution in [1.29, 1.82) is 0 Å². The van der Waals surface area contributed by atoms with Crippen molar-refractivity contribution in [2.24, 2.45) is 0 Å². The van der Waals surface area contributed by atoms with E-state index in [4.69, 9.17) is 9.47 Å². The average molecular weight is 377 g/mol. The number of carbonyl (C=O) groups excluding carboxylic acids is 3. The van der Waals surface area contributed by atoms with Crippen LogP contribution in [-0.2, 0) is 14.3 Å². The van der Waals surface area contributed by atoms with Gasteiger partial charge in [-0.25, -0.2) is 4.79 Å². The lowest BCUT2D eigenvalue weighted by Crippen LogP contribution is -2.29. The van der Waals surface area contributed by atoms with E-state index in [9.17, 15) is 14.4 Å². The van der Waals surface area contributed by atoms with Gasteiger partial charge >= 0.3 is 5.97 Å². The standard InChI is InChI=1S/C19H23NO5S/c1-3-5-6-11-20-18(22)16(26-19(20)23)12-14-7-9-15(10-8-14)25-13-17(21)24-4-2/h7-10,12H,3-6,11,13H2,1-2H3/b16-12-. The first-order chi connectivity index (χ1) is 12.5. The highest BCUT2D eigenvalue weighted by atomic mass is 32.2. The van der Waals surface area contributed by atoms with Gasteiger partial charge in [-0.15, -0.1) is 0 Å². The van der Waals surface area contributed by atoms with E-state index in [1.807, 2.05) is 0 Å². The normalized spacial score (nSPS) is 15.6. The summed E-state index contributed by atoms with van der Waals surface area (Å²) in [6, 6.07) is 6.95. The summed E-state index contributed by atoms with van der Waals surface area (Å²) in [7, 11) is 0. The van der Waals surface area contributed by atoms with Crippen molar-refractivity contribution in [2.45, 2.75) is 33.1 Å². The summed E-state index contributed by atoms with van der Waals surface area (Å²) >= 11 is 0.965. The highest BCUT2D eigenvalue weighted by Gasteiger charge is 2.34. The van der Waals surface area contributed by atoms with E-state index in [0.29, 0.717) is 23.8 Å². The number of hydrogen-bond donors (Lipinski definition) is 0. The zero-order valence-electron chi connectivity index (χ0n) is 15.0. The predicted octanol–water partition coefficient (Wildman–Crippen LogP) is 3.86. The van der Waals surface area contributed by atoms with Crippen LogP contribution in [0.25, 0.3) is 6.08 Å². The molecule has 0 radical (unpaired) electrons. The lowest BCUT2D eigenvalue weighted by Gasteiger charge is -2.11. The van der Waals surface area contributed by atoms with E-state index in [2.05, 4.69) is 6.92 Å². The van der Waals surface area contributed by atoms with Crippen molar-refractivity contribution >= 4 is 35.0 Å². The number of carbonyl (C=O) groups is 3. The molecule has 0 aliphatic carbocycles. The molecule has 0 spiro atoms. The Labute approximate surface area is 157 Å². The SMILES string of the molecule is CCCCCN1C(=O)S/C(=C\c2ccc(OCC(=O)OCC)cc2)C1=O. The van der Waals surface area contributed by atoms with Crippen LogP contribution in [0.2, 0.25) is 0 Å². The minimum atomic E-state index is -0.423. The maximum atomic E-state index is 12.4. The summed E-state index contributed by atoms with van der Waals surface area (Å²) in [4.78, 5) is 37.4. The summed E-state index contributed by atoms with van der Waals surface area (Å²) in [5, 5.41) is -0.216. The second kappa shape index (κ2) is 10.0. The molecule has 1 aliphatic rings. The first kappa shape index (κ1) is 20.0. The molecular formula is C19H23NO5S. The summed E-state index contributed by atoms with van der Waals surface area (Å²) in [5.41, 5.74) is 0.785. The van der Waals surface area contributed by atoms with Crippen LogP contribution in [0.3, 0.4) is 0 Å². The highest BCUT2D eigenvalue weighted by molar-refractivity contribution is 8.18. The van der Waals surface area contributed by atoms with Gasteiger partial charge < -0.3 is 9.47 Å². The number of thioether (sulfide) groups is 1. The third-order valence-corrected chi connectivity index (χ3v) is 4.61. The van der Waals surface area contributed by atoms with Crippen molar-refractivity contribution in [3.05, 3.63) is 34.7 Å². The molecule has 1 aromatic carbocycles. The van der Waals surface area contributed by atoms with Gasteiger partial charge in [0.15, 0.2) is 6.61 Å². The number of nitrogens with zero attached hydrogens (tertiary/aromatic N) is 1. The number of esters is 1. The third kappa shape index (κ3) is 5.62. The van der Waals surface area contributed by atoms with E-state index in [1.54, 1.807) is 37.3 Å². The minimum Gasteiger partial charge on any atom is -0.482 e.